The average Bonchev–Trinajstić information content (AvgIpc) is 2.08. The van der Waals surface area contributed by atoms with Crippen LogP contribution in [0.5, 0.6) is 0 Å². The number of amides is 2. The van der Waals surface area contributed by atoms with Crippen LogP contribution in [0.1, 0.15) is 34.6 Å². The standard InChI is InChI=1S/C11H22N2O4/c1-7(2)8(6-16-9(12)14)13-10(15)17-11(3,4)5/h7-8H,6H2,1-5H3,(H2,12,14)(H,13,15)/t8-/m1/s1. The molecule has 0 aromatic heterocycles. The van der Waals surface area contributed by atoms with Crippen molar-refractivity contribution in [2.45, 2.75) is 46.3 Å². The van der Waals surface area contributed by atoms with E-state index < -0.39 is 17.8 Å². The summed E-state index contributed by atoms with van der Waals surface area (Å²) in [5.74, 6) is 0.0990. The van der Waals surface area contributed by atoms with Crippen LogP contribution in [0.15, 0.2) is 0 Å². The number of hydrogen-bond acceptors (Lipinski definition) is 4. The summed E-state index contributed by atoms with van der Waals surface area (Å²) in [5, 5.41) is 2.63. The third kappa shape index (κ3) is 8.36. The highest BCUT2D eigenvalue weighted by atomic mass is 16.6. The number of alkyl carbamates (subject to hydrolysis) is 1. The van der Waals surface area contributed by atoms with Crippen LogP contribution >= 0.6 is 0 Å². The lowest BCUT2D eigenvalue weighted by molar-refractivity contribution is 0.0450. The molecule has 3 N–H and O–H groups in total. The van der Waals surface area contributed by atoms with Gasteiger partial charge >= 0.3 is 12.2 Å². The van der Waals surface area contributed by atoms with Gasteiger partial charge in [0, 0.05) is 0 Å². The molecule has 0 saturated carbocycles. The van der Waals surface area contributed by atoms with E-state index in [-0.39, 0.29) is 18.6 Å². The molecule has 6 nitrogen and oxygen atoms in total. The minimum absolute atomic E-state index is 0.0340. The van der Waals surface area contributed by atoms with Crippen LogP contribution < -0.4 is 11.1 Å². The van der Waals surface area contributed by atoms with Gasteiger partial charge in [0.2, 0.25) is 0 Å². The fraction of sp³-hybridized carbons (Fsp3) is 0.818. The van der Waals surface area contributed by atoms with Crippen LogP contribution in [-0.4, -0.2) is 30.4 Å². The molecule has 0 aromatic rings. The molecule has 0 heterocycles. The third-order valence-corrected chi connectivity index (χ3v) is 1.91. The van der Waals surface area contributed by atoms with Crippen molar-refractivity contribution in [3.63, 3.8) is 0 Å². The SMILES string of the molecule is CC(C)[C@@H](COC(N)=O)NC(=O)OC(C)(C)C. The number of carbonyl (C=O) groups is 2. The zero-order valence-corrected chi connectivity index (χ0v) is 11.1. The second-order valence-corrected chi connectivity index (χ2v) is 5.13. The molecule has 0 fully saturated rings. The number of nitrogens with two attached hydrogens (primary N) is 1. The molecule has 6 heteroatoms. The second-order valence-electron chi connectivity index (χ2n) is 5.13. The highest BCUT2D eigenvalue weighted by molar-refractivity contribution is 5.68. The Morgan fingerprint density at radius 3 is 2.18 bits per heavy atom. The van der Waals surface area contributed by atoms with E-state index in [1.165, 1.54) is 0 Å². The van der Waals surface area contributed by atoms with Crippen molar-refractivity contribution in [1.82, 2.24) is 5.32 Å². The van der Waals surface area contributed by atoms with E-state index in [0.717, 1.165) is 0 Å². The summed E-state index contributed by atoms with van der Waals surface area (Å²) in [4.78, 5) is 22.0. The number of hydrogen-bond donors (Lipinski definition) is 2. The Bertz CT molecular complexity index is 271. The van der Waals surface area contributed by atoms with Gasteiger partial charge in [-0.3, -0.25) is 0 Å². The molecule has 0 unspecified atom stereocenters. The van der Waals surface area contributed by atoms with Crippen molar-refractivity contribution < 1.29 is 19.1 Å². The highest BCUT2D eigenvalue weighted by Gasteiger charge is 2.22. The summed E-state index contributed by atoms with van der Waals surface area (Å²) < 4.78 is 9.77. The van der Waals surface area contributed by atoms with E-state index in [0.29, 0.717) is 0 Å². The monoisotopic (exact) mass is 246 g/mol. The maximum Gasteiger partial charge on any atom is 0.407 e. The predicted octanol–water partition coefficient (Wildman–Crippen LogP) is 1.63. The van der Waals surface area contributed by atoms with Crippen molar-refractivity contribution in [1.29, 1.82) is 0 Å². The third-order valence-electron chi connectivity index (χ3n) is 1.91. The van der Waals surface area contributed by atoms with E-state index in [9.17, 15) is 9.59 Å². The van der Waals surface area contributed by atoms with E-state index in [1.54, 1.807) is 20.8 Å². The number of rotatable bonds is 4. The minimum atomic E-state index is -0.860. The van der Waals surface area contributed by atoms with E-state index in [1.807, 2.05) is 13.8 Å². The lowest BCUT2D eigenvalue weighted by Gasteiger charge is -2.25. The van der Waals surface area contributed by atoms with Crippen LogP contribution in [0.4, 0.5) is 9.59 Å². The van der Waals surface area contributed by atoms with Crippen molar-refractivity contribution in [3.8, 4) is 0 Å². The fourth-order valence-electron chi connectivity index (χ4n) is 1.03. The fourth-order valence-corrected chi connectivity index (χ4v) is 1.03. The first-order valence-corrected chi connectivity index (χ1v) is 5.53. The average molecular weight is 246 g/mol. The smallest absolute Gasteiger partial charge is 0.407 e. The number of primary amides is 1. The molecule has 0 aliphatic carbocycles. The summed E-state index contributed by atoms with van der Waals surface area (Å²) in [6.45, 7) is 9.15. The lowest BCUT2D eigenvalue weighted by atomic mass is 10.1. The summed E-state index contributed by atoms with van der Waals surface area (Å²) >= 11 is 0. The van der Waals surface area contributed by atoms with E-state index in [4.69, 9.17) is 10.5 Å². The molecule has 0 aliphatic heterocycles. The van der Waals surface area contributed by atoms with Crippen LogP contribution in [0.25, 0.3) is 0 Å². The van der Waals surface area contributed by atoms with Gasteiger partial charge in [0.15, 0.2) is 0 Å². The van der Waals surface area contributed by atoms with Crippen LogP contribution in [-0.2, 0) is 9.47 Å². The first-order valence-electron chi connectivity index (χ1n) is 5.53. The van der Waals surface area contributed by atoms with Crippen molar-refractivity contribution in [2.24, 2.45) is 11.7 Å². The topological polar surface area (TPSA) is 90.6 Å². The minimum Gasteiger partial charge on any atom is -0.448 e. The Hall–Kier alpha value is -1.46. The Morgan fingerprint density at radius 2 is 1.82 bits per heavy atom. The van der Waals surface area contributed by atoms with Gasteiger partial charge in [-0.1, -0.05) is 13.8 Å². The van der Waals surface area contributed by atoms with Gasteiger partial charge in [0.25, 0.3) is 0 Å². The Balaban J connectivity index is 4.25. The van der Waals surface area contributed by atoms with Crippen molar-refractivity contribution >= 4 is 12.2 Å². The molecule has 100 valence electrons. The van der Waals surface area contributed by atoms with Gasteiger partial charge in [-0.2, -0.15) is 0 Å². The van der Waals surface area contributed by atoms with Crippen molar-refractivity contribution in [2.75, 3.05) is 6.61 Å². The highest BCUT2D eigenvalue weighted by Crippen LogP contribution is 2.08. The largest absolute Gasteiger partial charge is 0.448 e. The van der Waals surface area contributed by atoms with Gasteiger partial charge in [-0.25, -0.2) is 9.59 Å². The summed E-state index contributed by atoms with van der Waals surface area (Å²) in [6.07, 6.45) is -1.40. The molecule has 0 rings (SSSR count). The summed E-state index contributed by atoms with van der Waals surface area (Å²) in [5.41, 5.74) is 4.31. The van der Waals surface area contributed by atoms with Gasteiger partial charge in [-0.15, -0.1) is 0 Å². The second kappa shape index (κ2) is 6.32. The van der Waals surface area contributed by atoms with Crippen LogP contribution in [0.2, 0.25) is 0 Å². The van der Waals surface area contributed by atoms with Gasteiger partial charge in [0.05, 0.1) is 6.04 Å². The van der Waals surface area contributed by atoms with Crippen LogP contribution in [0, 0.1) is 5.92 Å². The van der Waals surface area contributed by atoms with Gasteiger partial charge in [0.1, 0.15) is 12.2 Å². The molecule has 0 bridgehead atoms. The molecule has 0 spiro atoms. The lowest BCUT2D eigenvalue weighted by Crippen LogP contribution is -2.45. The normalized spacial score (nSPS) is 13.1. The Morgan fingerprint density at radius 1 is 1.29 bits per heavy atom. The summed E-state index contributed by atoms with van der Waals surface area (Å²) in [7, 11) is 0. The maximum absolute atomic E-state index is 11.5. The maximum atomic E-state index is 11.5. The molecule has 0 aliphatic rings. The zero-order valence-electron chi connectivity index (χ0n) is 11.1. The first-order chi connectivity index (χ1) is 7.61. The zero-order chi connectivity index (χ0) is 13.6. The quantitative estimate of drug-likeness (QED) is 0.788. The first kappa shape index (κ1) is 15.5. The molecular formula is C11H22N2O4. The molecule has 2 amide bonds. The molecule has 1 atom stereocenters. The predicted molar refractivity (Wildman–Crippen MR) is 63.5 cm³/mol. The summed E-state index contributed by atoms with van der Waals surface area (Å²) in [6, 6.07) is -0.322. The molecule has 0 saturated heterocycles. The Kier molecular flexibility index (Phi) is 5.78. The number of ether oxygens (including phenoxy) is 2. The van der Waals surface area contributed by atoms with Crippen molar-refractivity contribution in [3.05, 3.63) is 0 Å². The van der Waals surface area contributed by atoms with Gasteiger partial charge in [-0.05, 0) is 26.7 Å². The molecule has 17 heavy (non-hydrogen) atoms. The Labute approximate surface area is 102 Å². The number of carbonyl (C=O) groups excluding carboxylic acids is 2. The molecule has 0 aromatic carbocycles. The van der Waals surface area contributed by atoms with Gasteiger partial charge < -0.3 is 20.5 Å². The molecule has 0 radical (unpaired) electrons. The number of nitrogens with one attached hydrogen (secondary N) is 1. The van der Waals surface area contributed by atoms with Crippen LogP contribution in [0.3, 0.4) is 0 Å². The molecular weight excluding hydrogens is 224 g/mol. The van der Waals surface area contributed by atoms with E-state index >= 15 is 0 Å². The van der Waals surface area contributed by atoms with E-state index in [2.05, 4.69) is 10.1 Å².